The van der Waals surface area contributed by atoms with Gasteiger partial charge >= 0.3 is 5.97 Å². The van der Waals surface area contributed by atoms with Crippen LogP contribution in [0.15, 0.2) is 12.7 Å². The minimum absolute atomic E-state index is 0.123. The normalized spacial score (nSPS) is 14.9. The number of aliphatic hydroxyl groups is 1. The molecular weight excluding hydrogens is 292 g/mol. The lowest BCUT2D eigenvalue weighted by Gasteiger charge is -2.12. The SMILES string of the molecule is C=CCOC(=O)C(O)C(Br)CBr. The molecule has 0 heterocycles. The Hall–Kier alpha value is 0.130. The highest BCUT2D eigenvalue weighted by atomic mass is 79.9. The predicted molar refractivity (Wildman–Crippen MR) is 53.7 cm³/mol. The van der Waals surface area contributed by atoms with Crippen LogP contribution in [-0.4, -0.2) is 33.9 Å². The average Bonchev–Trinajstić information content (AvgIpc) is 2.11. The van der Waals surface area contributed by atoms with Crippen LogP contribution in [0.5, 0.6) is 0 Å². The van der Waals surface area contributed by atoms with Crippen molar-refractivity contribution in [3.8, 4) is 0 Å². The lowest BCUT2D eigenvalue weighted by atomic mass is 10.3. The topological polar surface area (TPSA) is 46.5 Å². The van der Waals surface area contributed by atoms with Crippen molar-refractivity contribution in [1.29, 1.82) is 0 Å². The van der Waals surface area contributed by atoms with Crippen molar-refractivity contribution in [3.63, 3.8) is 0 Å². The van der Waals surface area contributed by atoms with Gasteiger partial charge in [0.2, 0.25) is 0 Å². The van der Waals surface area contributed by atoms with Gasteiger partial charge in [0.15, 0.2) is 6.10 Å². The number of alkyl halides is 2. The van der Waals surface area contributed by atoms with E-state index in [4.69, 9.17) is 0 Å². The molecule has 0 aromatic carbocycles. The Bertz CT molecular complexity index is 161. The molecule has 0 radical (unpaired) electrons. The third kappa shape index (κ3) is 4.23. The smallest absolute Gasteiger partial charge is 0.336 e. The monoisotopic (exact) mass is 300 g/mol. The third-order valence-electron chi connectivity index (χ3n) is 1.07. The molecule has 0 saturated carbocycles. The largest absolute Gasteiger partial charge is 0.460 e. The zero-order chi connectivity index (χ0) is 9.56. The lowest BCUT2D eigenvalue weighted by molar-refractivity contribution is -0.151. The number of hydrogen-bond donors (Lipinski definition) is 1. The number of rotatable bonds is 5. The Morgan fingerprint density at radius 3 is 2.75 bits per heavy atom. The first-order valence-corrected chi connectivity index (χ1v) is 5.32. The van der Waals surface area contributed by atoms with Crippen LogP contribution in [0, 0.1) is 0 Å². The van der Waals surface area contributed by atoms with Crippen LogP contribution in [-0.2, 0) is 9.53 Å². The Kier molecular flexibility index (Phi) is 6.70. The summed E-state index contributed by atoms with van der Waals surface area (Å²) in [5.74, 6) is -0.642. The van der Waals surface area contributed by atoms with E-state index in [2.05, 4.69) is 43.2 Å². The standard InChI is InChI=1S/C7H10Br2O3/c1-2-3-12-7(11)6(10)5(9)4-8/h2,5-6,10H,1,3-4H2. The Labute approximate surface area is 88.0 Å². The summed E-state index contributed by atoms with van der Waals surface area (Å²) in [4.78, 5) is 10.6. The van der Waals surface area contributed by atoms with Crippen molar-refractivity contribution >= 4 is 37.8 Å². The summed E-state index contributed by atoms with van der Waals surface area (Å²) < 4.78 is 4.62. The van der Waals surface area contributed by atoms with Gasteiger partial charge in [-0.1, -0.05) is 44.5 Å². The molecule has 0 aliphatic heterocycles. The van der Waals surface area contributed by atoms with Gasteiger partial charge in [0.1, 0.15) is 6.61 Å². The number of ether oxygens (including phenoxy) is 1. The van der Waals surface area contributed by atoms with Gasteiger partial charge in [-0.25, -0.2) is 4.79 Å². The molecule has 0 fully saturated rings. The van der Waals surface area contributed by atoms with Crippen LogP contribution in [0.3, 0.4) is 0 Å². The molecule has 1 N–H and O–H groups in total. The van der Waals surface area contributed by atoms with Gasteiger partial charge in [-0.05, 0) is 0 Å². The number of halogens is 2. The van der Waals surface area contributed by atoms with E-state index in [-0.39, 0.29) is 11.4 Å². The number of hydrogen-bond acceptors (Lipinski definition) is 3. The zero-order valence-corrected chi connectivity index (χ0v) is 9.55. The predicted octanol–water partition coefficient (Wildman–Crippen LogP) is 1.23. The van der Waals surface area contributed by atoms with E-state index >= 15 is 0 Å². The summed E-state index contributed by atoms with van der Waals surface area (Å²) in [6.07, 6.45) is 0.312. The molecule has 0 rings (SSSR count). The molecule has 0 aromatic heterocycles. The minimum Gasteiger partial charge on any atom is -0.460 e. The molecule has 0 bridgehead atoms. The molecule has 0 aromatic rings. The van der Waals surface area contributed by atoms with Gasteiger partial charge in [-0.3, -0.25) is 0 Å². The first-order chi connectivity index (χ1) is 5.63. The summed E-state index contributed by atoms with van der Waals surface area (Å²) >= 11 is 6.23. The van der Waals surface area contributed by atoms with Gasteiger partial charge in [0.25, 0.3) is 0 Å². The van der Waals surface area contributed by atoms with Crippen molar-refractivity contribution in [2.45, 2.75) is 10.9 Å². The number of aliphatic hydroxyl groups excluding tert-OH is 1. The van der Waals surface area contributed by atoms with E-state index in [0.29, 0.717) is 5.33 Å². The van der Waals surface area contributed by atoms with Crippen molar-refractivity contribution in [2.24, 2.45) is 0 Å². The third-order valence-corrected chi connectivity index (χ3v) is 3.47. The van der Waals surface area contributed by atoms with E-state index in [1.807, 2.05) is 0 Å². The molecule has 3 nitrogen and oxygen atoms in total. The summed E-state index contributed by atoms with van der Waals surface area (Å²) in [7, 11) is 0. The number of carbonyl (C=O) groups is 1. The van der Waals surface area contributed by atoms with E-state index in [1.54, 1.807) is 0 Å². The molecule has 0 spiro atoms. The van der Waals surface area contributed by atoms with Crippen molar-refractivity contribution in [2.75, 3.05) is 11.9 Å². The maximum absolute atomic E-state index is 10.9. The molecule has 0 aliphatic carbocycles. The fraction of sp³-hybridized carbons (Fsp3) is 0.571. The quantitative estimate of drug-likeness (QED) is 0.472. The van der Waals surface area contributed by atoms with Crippen LogP contribution in [0.25, 0.3) is 0 Å². The first-order valence-electron chi connectivity index (χ1n) is 3.29. The lowest BCUT2D eigenvalue weighted by Crippen LogP contribution is -2.32. The van der Waals surface area contributed by atoms with Gasteiger partial charge < -0.3 is 9.84 Å². The molecule has 0 aliphatic rings. The maximum Gasteiger partial charge on any atom is 0.336 e. The van der Waals surface area contributed by atoms with Gasteiger partial charge in [-0.2, -0.15) is 0 Å². The second-order valence-electron chi connectivity index (χ2n) is 2.03. The summed E-state index contributed by atoms with van der Waals surface area (Å²) in [6, 6.07) is 0. The molecule has 0 amide bonds. The van der Waals surface area contributed by atoms with E-state index in [0.717, 1.165) is 0 Å². The zero-order valence-electron chi connectivity index (χ0n) is 6.37. The van der Waals surface area contributed by atoms with Crippen molar-refractivity contribution in [1.82, 2.24) is 0 Å². The average molecular weight is 302 g/mol. The molecular formula is C7H10Br2O3. The van der Waals surface area contributed by atoms with Gasteiger partial charge in [-0.15, -0.1) is 0 Å². The summed E-state index contributed by atoms with van der Waals surface area (Å²) in [5.41, 5.74) is 0. The van der Waals surface area contributed by atoms with Crippen LogP contribution in [0.2, 0.25) is 0 Å². The second-order valence-corrected chi connectivity index (χ2v) is 3.86. The second kappa shape index (κ2) is 6.62. The Balaban J connectivity index is 3.83. The highest BCUT2D eigenvalue weighted by molar-refractivity contribution is 9.12. The van der Waals surface area contributed by atoms with Gasteiger partial charge in [0, 0.05) is 5.33 Å². The Morgan fingerprint density at radius 2 is 2.33 bits per heavy atom. The van der Waals surface area contributed by atoms with Gasteiger partial charge in [0.05, 0.1) is 4.83 Å². The minimum atomic E-state index is -1.13. The van der Waals surface area contributed by atoms with Crippen LogP contribution >= 0.6 is 31.9 Å². The number of esters is 1. The summed E-state index contributed by atoms with van der Waals surface area (Å²) in [5, 5.41) is 9.71. The maximum atomic E-state index is 10.9. The highest BCUT2D eigenvalue weighted by Crippen LogP contribution is 2.10. The highest BCUT2D eigenvalue weighted by Gasteiger charge is 2.23. The van der Waals surface area contributed by atoms with Crippen LogP contribution in [0.4, 0.5) is 0 Å². The van der Waals surface area contributed by atoms with E-state index in [1.165, 1.54) is 6.08 Å². The van der Waals surface area contributed by atoms with Crippen molar-refractivity contribution < 1.29 is 14.6 Å². The molecule has 12 heavy (non-hydrogen) atoms. The van der Waals surface area contributed by atoms with E-state index < -0.39 is 12.1 Å². The molecule has 5 heteroatoms. The van der Waals surface area contributed by atoms with Crippen molar-refractivity contribution in [3.05, 3.63) is 12.7 Å². The first kappa shape index (κ1) is 12.1. The molecule has 70 valence electrons. The molecule has 0 saturated heterocycles. The molecule has 2 atom stereocenters. The fourth-order valence-corrected chi connectivity index (χ4v) is 1.03. The molecule has 2 unspecified atom stereocenters. The fourth-order valence-electron chi connectivity index (χ4n) is 0.458. The van der Waals surface area contributed by atoms with E-state index in [9.17, 15) is 9.90 Å². The Morgan fingerprint density at radius 1 is 1.75 bits per heavy atom. The van der Waals surface area contributed by atoms with Crippen LogP contribution in [0.1, 0.15) is 0 Å². The summed E-state index contributed by atoms with van der Waals surface area (Å²) in [6.45, 7) is 3.50. The number of carbonyl (C=O) groups excluding carboxylic acids is 1. The van der Waals surface area contributed by atoms with Crippen LogP contribution < -0.4 is 0 Å².